The van der Waals surface area contributed by atoms with Crippen LogP contribution in [0.2, 0.25) is 0 Å². The number of nitrogens with zero attached hydrogens (tertiary/aromatic N) is 3. The number of azide groups is 1. The molecule has 6 nitrogen and oxygen atoms in total. The Hall–Kier alpha value is -1.26. The van der Waals surface area contributed by atoms with Crippen LogP contribution in [0.25, 0.3) is 10.4 Å². The largest absolute Gasteiger partial charge is 0.368 e. The quantitative estimate of drug-likeness (QED) is 0.327. The van der Waals surface area contributed by atoms with E-state index in [-0.39, 0.29) is 5.91 Å². The van der Waals surface area contributed by atoms with Gasteiger partial charge in [-0.3, -0.25) is 4.79 Å². The van der Waals surface area contributed by atoms with Crippen molar-refractivity contribution in [1.82, 2.24) is 5.32 Å². The van der Waals surface area contributed by atoms with Crippen molar-refractivity contribution in [2.45, 2.75) is 45.1 Å². The van der Waals surface area contributed by atoms with E-state index in [0.29, 0.717) is 24.9 Å². The molecule has 3 unspecified atom stereocenters. The molecule has 0 aromatic heterocycles. The predicted molar refractivity (Wildman–Crippen MR) is 70.7 cm³/mol. The molecule has 102 valence electrons. The van der Waals surface area contributed by atoms with Crippen molar-refractivity contribution < 1.29 is 4.79 Å². The maximum Gasteiger partial charge on any atom is 0.237 e. The van der Waals surface area contributed by atoms with Crippen molar-refractivity contribution in [3.8, 4) is 0 Å². The van der Waals surface area contributed by atoms with Gasteiger partial charge in [0.05, 0.1) is 5.54 Å². The first kappa shape index (κ1) is 14.8. The summed E-state index contributed by atoms with van der Waals surface area (Å²) in [6.45, 7) is 5.49. The third-order valence-corrected chi connectivity index (χ3v) is 4.10. The first-order chi connectivity index (χ1) is 8.52. The number of amides is 1. The monoisotopic (exact) mass is 253 g/mol. The molecule has 0 heterocycles. The first-order valence-corrected chi connectivity index (χ1v) is 6.57. The van der Waals surface area contributed by atoms with E-state index >= 15 is 0 Å². The van der Waals surface area contributed by atoms with E-state index in [1.165, 1.54) is 0 Å². The molecule has 1 saturated carbocycles. The molecule has 6 heteroatoms. The van der Waals surface area contributed by atoms with Gasteiger partial charge in [-0.1, -0.05) is 19.0 Å². The molecule has 1 aliphatic rings. The van der Waals surface area contributed by atoms with Gasteiger partial charge in [0.1, 0.15) is 0 Å². The standard InChI is InChI=1S/C12H23N5O/c1-9-4-5-12(11(13)18,8-10(9)2)15-6-3-7-16-17-14/h9-10,15H,3-8H2,1-2H3,(H2,13,18). The third kappa shape index (κ3) is 3.62. The van der Waals surface area contributed by atoms with Gasteiger partial charge < -0.3 is 11.1 Å². The summed E-state index contributed by atoms with van der Waals surface area (Å²) >= 11 is 0. The molecule has 3 N–H and O–H groups in total. The van der Waals surface area contributed by atoms with Crippen LogP contribution in [0.15, 0.2) is 5.11 Å². The van der Waals surface area contributed by atoms with Gasteiger partial charge in [0.15, 0.2) is 0 Å². The number of hydrogen-bond donors (Lipinski definition) is 2. The lowest BCUT2D eigenvalue weighted by Gasteiger charge is -2.41. The van der Waals surface area contributed by atoms with Gasteiger partial charge in [0.25, 0.3) is 0 Å². The third-order valence-electron chi connectivity index (χ3n) is 4.10. The second-order valence-electron chi connectivity index (χ2n) is 5.38. The van der Waals surface area contributed by atoms with Crippen LogP contribution >= 0.6 is 0 Å². The number of carbonyl (C=O) groups excluding carboxylic acids is 1. The SMILES string of the molecule is CC1CCC(NCCCN=[N+]=[N-])(C(N)=O)CC1C. The highest BCUT2D eigenvalue weighted by molar-refractivity contribution is 5.84. The number of hydrogen-bond acceptors (Lipinski definition) is 3. The van der Waals surface area contributed by atoms with Crippen LogP contribution in [0.5, 0.6) is 0 Å². The Morgan fingerprint density at radius 1 is 1.56 bits per heavy atom. The zero-order valence-electron chi connectivity index (χ0n) is 11.2. The smallest absolute Gasteiger partial charge is 0.237 e. The van der Waals surface area contributed by atoms with Crippen LogP contribution in [0, 0.1) is 11.8 Å². The van der Waals surface area contributed by atoms with E-state index in [9.17, 15) is 4.79 Å². The van der Waals surface area contributed by atoms with Crippen LogP contribution in [-0.2, 0) is 4.79 Å². The molecule has 0 aromatic rings. The fourth-order valence-corrected chi connectivity index (χ4v) is 2.61. The number of nitrogens with one attached hydrogen (secondary N) is 1. The minimum absolute atomic E-state index is 0.259. The van der Waals surface area contributed by atoms with E-state index in [4.69, 9.17) is 11.3 Å². The average Bonchev–Trinajstić information content (AvgIpc) is 2.33. The maximum atomic E-state index is 11.7. The van der Waals surface area contributed by atoms with Crippen molar-refractivity contribution >= 4 is 5.91 Å². The molecule has 0 aromatic carbocycles. The van der Waals surface area contributed by atoms with Crippen LogP contribution in [0.1, 0.15) is 39.5 Å². The number of primary amides is 1. The Kier molecular flexibility index (Phi) is 5.44. The molecular weight excluding hydrogens is 230 g/mol. The summed E-state index contributed by atoms with van der Waals surface area (Å²) in [5, 5.41) is 6.76. The fraction of sp³-hybridized carbons (Fsp3) is 0.917. The minimum atomic E-state index is -0.567. The summed E-state index contributed by atoms with van der Waals surface area (Å²) in [5.74, 6) is 0.878. The topological polar surface area (TPSA) is 104 Å². The van der Waals surface area contributed by atoms with Crippen molar-refractivity contribution in [3.63, 3.8) is 0 Å². The summed E-state index contributed by atoms with van der Waals surface area (Å²) in [5.41, 5.74) is 13.2. The van der Waals surface area contributed by atoms with Crippen molar-refractivity contribution in [2.24, 2.45) is 22.7 Å². The molecule has 0 saturated heterocycles. The lowest BCUT2D eigenvalue weighted by molar-refractivity contribution is -0.126. The Morgan fingerprint density at radius 2 is 2.28 bits per heavy atom. The van der Waals surface area contributed by atoms with Gasteiger partial charge in [-0.25, -0.2) is 0 Å². The Bertz CT molecular complexity index is 339. The lowest BCUT2D eigenvalue weighted by Crippen LogP contribution is -2.58. The first-order valence-electron chi connectivity index (χ1n) is 6.57. The van der Waals surface area contributed by atoms with E-state index in [2.05, 4.69) is 29.2 Å². The van der Waals surface area contributed by atoms with Crippen molar-refractivity contribution in [1.29, 1.82) is 0 Å². The second-order valence-corrected chi connectivity index (χ2v) is 5.38. The van der Waals surface area contributed by atoms with E-state index in [1.54, 1.807) is 0 Å². The lowest BCUT2D eigenvalue weighted by atomic mass is 9.71. The summed E-state index contributed by atoms with van der Waals surface area (Å²) in [6, 6.07) is 0. The molecule has 1 aliphatic carbocycles. The van der Waals surface area contributed by atoms with Crippen LogP contribution in [-0.4, -0.2) is 24.5 Å². The highest BCUT2D eigenvalue weighted by Crippen LogP contribution is 2.36. The van der Waals surface area contributed by atoms with Crippen molar-refractivity contribution in [3.05, 3.63) is 10.4 Å². The molecule has 0 bridgehead atoms. The average molecular weight is 253 g/mol. The number of carbonyl (C=O) groups is 1. The zero-order valence-corrected chi connectivity index (χ0v) is 11.2. The summed E-state index contributed by atoms with van der Waals surface area (Å²) < 4.78 is 0. The Morgan fingerprint density at radius 3 is 2.83 bits per heavy atom. The molecule has 1 rings (SSSR count). The van der Waals surface area contributed by atoms with Crippen LogP contribution < -0.4 is 11.1 Å². The Balaban J connectivity index is 2.53. The van der Waals surface area contributed by atoms with E-state index < -0.39 is 5.54 Å². The maximum absolute atomic E-state index is 11.7. The van der Waals surface area contributed by atoms with Crippen LogP contribution in [0.3, 0.4) is 0 Å². The molecule has 0 radical (unpaired) electrons. The highest BCUT2D eigenvalue weighted by atomic mass is 16.1. The van der Waals surface area contributed by atoms with Gasteiger partial charge in [-0.15, -0.1) is 0 Å². The van der Waals surface area contributed by atoms with Gasteiger partial charge in [-0.05, 0) is 49.6 Å². The molecule has 0 aliphatic heterocycles. The molecular formula is C12H23N5O. The van der Waals surface area contributed by atoms with E-state index in [0.717, 1.165) is 25.7 Å². The molecule has 1 amide bonds. The summed E-state index contributed by atoms with van der Waals surface area (Å²) in [6.07, 6.45) is 3.34. The second kappa shape index (κ2) is 6.61. The fourth-order valence-electron chi connectivity index (χ4n) is 2.61. The van der Waals surface area contributed by atoms with Crippen LogP contribution in [0.4, 0.5) is 0 Å². The number of rotatable bonds is 6. The van der Waals surface area contributed by atoms with E-state index in [1.807, 2.05) is 0 Å². The molecule has 1 fully saturated rings. The molecule has 18 heavy (non-hydrogen) atoms. The number of nitrogens with two attached hydrogens (primary N) is 1. The van der Waals surface area contributed by atoms with Gasteiger partial charge >= 0.3 is 0 Å². The zero-order chi connectivity index (χ0) is 13.6. The minimum Gasteiger partial charge on any atom is -0.368 e. The van der Waals surface area contributed by atoms with Gasteiger partial charge in [0, 0.05) is 11.5 Å². The molecule has 0 spiro atoms. The Labute approximate surface area is 108 Å². The van der Waals surface area contributed by atoms with Gasteiger partial charge in [-0.2, -0.15) is 0 Å². The summed E-state index contributed by atoms with van der Waals surface area (Å²) in [4.78, 5) is 14.4. The molecule has 3 atom stereocenters. The predicted octanol–water partition coefficient (Wildman–Crippen LogP) is 1.96. The van der Waals surface area contributed by atoms with Crippen molar-refractivity contribution in [2.75, 3.05) is 13.1 Å². The normalized spacial score (nSPS) is 31.7. The summed E-state index contributed by atoms with van der Waals surface area (Å²) in [7, 11) is 0. The van der Waals surface area contributed by atoms with Gasteiger partial charge in [0.2, 0.25) is 5.91 Å². The highest BCUT2D eigenvalue weighted by Gasteiger charge is 2.41.